The average Bonchev–Trinajstić information content (AvgIpc) is 2.30. The molecule has 0 aromatic carbocycles. The summed E-state index contributed by atoms with van der Waals surface area (Å²) in [4.78, 5) is 11.0. The lowest BCUT2D eigenvalue weighted by molar-refractivity contribution is -0.391. The van der Waals surface area contributed by atoms with Crippen molar-refractivity contribution in [2.45, 2.75) is 0 Å². The van der Waals surface area contributed by atoms with Gasteiger partial charge in [-0.15, -0.1) is 0 Å². The van der Waals surface area contributed by atoms with Gasteiger partial charge >= 0.3 is 0 Å². The highest BCUT2D eigenvalue weighted by Crippen LogP contribution is 2.17. The maximum Gasteiger partial charge on any atom is 0.273 e. The molecule has 0 saturated carbocycles. The highest BCUT2D eigenvalue weighted by Gasteiger charge is 2.09. The van der Waals surface area contributed by atoms with Crippen molar-refractivity contribution in [1.29, 1.82) is 0 Å². The second kappa shape index (κ2) is 8.62. The fraction of sp³-hybridized carbons (Fsp3) is 0.100. The number of rotatable bonds is 4. The molecule has 16 heavy (non-hydrogen) atoms. The normalized spacial score (nSPS) is 11.6. The van der Waals surface area contributed by atoms with Gasteiger partial charge in [0, 0.05) is 7.05 Å². The van der Waals surface area contributed by atoms with Crippen LogP contribution in [0.25, 0.3) is 5.57 Å². The van der Waals surface area contributed by atoms with Crippen molar-refractivity contribution in [2.24, 2.45) is 0 Å². The Morgan fingerprint density at radius 3 is 2.88 bits per heavy atom. The van der Waals surface area contributed by atoms with Crippen LogP contribution in [0.3, 0.4) is 0 Å². The molecular weight excluding hydrogens is 430 g/mol. The van der Waals surface area contributed by atoms with Gasteiger partial charge < -0.3 is 29.3 Å². The van der Waals surface area contributed by atoms with Crippen molar-refractivity contribution in [3.8, 4) is 0 Å². The Kier molecular flexibility index (Phi) is 8.35. The number of hydrogen-bond acceptors (Lipinski definition) is 3. The van der Waals surface area contributed by atoms with Crippen LogP contribution < -0.4 is 34.3 Å². The molecule has 0 atom stereocenters. The standard InChI is InChI=1S/C10H11IN4.HI/c1-3-4-5-8(9(11)12-2)10-14-6-13-7-15-10;/h3-7,12H,1H2,2H3;1H/b5-4-,9-8+;. The Balaban J connectivity index is 0.00000225. The molecule has 86 valence electrons. The van der Waals surface area contributed by atoms with Gasteiger partial charge in [-0.1, -0.05) is 28.7 Å². The van der Waals surface area contributed by atoms with Crippen LogP contribution in [0, 0.1) is 0 Å². The van der Waals surface area contributed by atoms with E-state index in [1.807, 2.05) is 19.2 Å². The van der Waals surface area contributed by atoms with E-state index < -0.39 is 0 Å². The molecule has 6 heteroatoms. The monoisotopic (exact) mass is 442 g/mol. The zero-order valence-corrected chi connectivity index (χ0v) is 13.1. The molecule has 0 fully saturated rings. The predicted octanol–water partition coefficient (Wildman–Crippen LogP) is -1.64. The zero-order valence-electron chi connectivity index (χ0n) is 8.74. The number of allylic oxidation sites excluding steroid dienone is 4. The van der Waals surface area contributed by atoms with Crippen molar-refractivity contribution in [2.75, 3.05) is 7.05 Å². The second-order valence-electron chi connectivity index (χ2n) is 2.59. The Labute approximate surface area is 126 Å². The van der Waals surface area contributed by atoms with E-state index in [1.165, 1.54) is 6.33 Å². The van der Waals surface area contributed by atoms with Crippen molar-refractivity contribution in [3.63, 3.8) is 0 Å². The number of halogens is 2. The van der Waals surface area contributed by atoms with E-state index in [0.29, 0.717) is 0 Å². The summed E-state index contributed by atoms with van der Waals surface area (Å²) in [6.07, 6.45) is 8.63. The molecule has 1 rings (SSSR count). The molecule has 0 amide bonds. The summed E-state index contributed by atoms with van der Waals surface area (Å²) < 4.78 is 1.00. The van der Waals surface area contributed by atoms with E-state index in [9.17, 15) is 0 Å². The fourth-order valence-electron chi connectivity index (χ4n) is 0.962. The molecule has 0 aliphatic heterocycles. The molecular formula is C10H12I2N4. The maximum absolute atomic E-state index is 4.15. The number of H-pyrrole nitrogens is 1. The molecule has 0 spiro atoms. The number of nitrogens with one attached hydrogen (secondary N) is 2. The van der Waals surface area contributed by atoms with Crippen LogP contribution in [0.5, 0.6) is 0 Å². The average molecular weight is 442 g/mol. The topological polar surface area (TPSA) is 52.0 Å². The van der Waals surface area contributed by atoms with Crippen LogP contribution in [0.4, 0.5) is 0 Å². The van der Waals surface area contributed by atoms with E-state index in [-0.39, 0.29) is 24.0 Å². The lowest BCUT2D eigenvalue weighted by Crippen LogP contribution is -3.00. The zero-order chi connectivity index (χ0) is 11.1. The Morgan fingerprint density at radius 2 is 2.38 bits per heavy atom. The van der Waals surface area contributed by atoms with Crippen molar-refractivity contribution in [3.05, 3.63) is 47.0 Å². The van der Waals surface area contributed by atoms with Gasteiger partial charge in [-0.05, 0) is 28.7 Å². The van der Waals surface area contributed by atoms with Crippen LogP contribution in [0.2, 0.25) is 0 Å². The van der Waals surface area contributed by atoms with Gasteiger partial charge in [0.25, 0.3) is 12.2 Å². The summed E-state index contributed by atoms with van der Waals surface area (Å²) >= 11 is 2.21. The van der Waals surface area contributed by atoms with Crippen LogP contribution in [0.1, 0.15) is 5.82 Å². The molecule has 0 saturated heterocycles. The molecule has 4 nitrogen and oxygen atoms in total. The highest BCUT2D eigenvalue weighted by atomic mass is 127. The Bertz CT molecular complexity index is 387. The van der Waals surface area contributed by atoms with E-state index in [0.717, 1.165) is 15.1 Å². The molecule has 0 aliphatic rings. The first-order valence-corrected chi connectivity index (χ1v) is 5.42. The molecule has 1 aromatic heterocycles. The molecule has 0 radical (unpaired) electrons. The number of aromatic amines is 1. The first kappa shape index (κ1) is 15.5. The van der Waals surface area contributed by atoms with Crippen LogP contribution >= 0.6 is 22.6 Å². The third-order valence-corrected chi connectivity index (χ3v) is 2.76. The van der Waals surface area contributed by atoms with Crippen LogP contribution in [-0.4, -0.2) is 17.0 Å². The smallest absolute Gasteiger partial charge is 0.273 e. The van der Waals surface area contributed by atoms with Gasteiger partial charge in [-0.25, -0.2) is 4.98 Å². The SMILES string of the molecule is C=C/C=C\C(=C(\I)NC)c1ncnc[nH+]1.[I-]. The van der Waals surface area contributed by atoms with Gasteiger partial charge in [0.15, 0.2) is 0 Å². The summed E-state index contributed by atoms with van der Waals surface area (Å²) in [5, 5.41) is 3.07. The Morgan fingerprint density at radius 1 is 1.62 bits per heavy atom. The second-order valence-corrected chi connectivity index (χ2v) is 3.67. The molecule has 0 aliphatic carbocycles. The molecule has 1 aromatic rings. The van der Waals surface area contributed by atoms with Crippen molar-refractivity contribution >= 4 is 28.2 Å². The minimum Gasteiger partial charge on any atom is -1.00 e. The first-order valence-electron chi connectivity index (χ1n) is 4.34. The van der Waals surface area contributed by atoms with E-state index in [4.69, 9.17) is 0 Å². The molecule has 0 bridgehead atoms. The number of aromatic nitrogens is 3. The Hall–Kier alpha value is -0.510. The van der Waals surface area contributed by atoms with Gasteiger partial charge in [0.1, 0.15) is 0 Å². The number of hydrogen-bond donors (Lipinski definition) is 1. The number of nitrogens with zero attached hydrogens (tertiary/aromatic N) is 2. The first-order chi connectivity index (χ1) is 7.29. The molecule has 1 heterocycles. The fourth-order valence-corrected chi connectivity index (χ4v) is 1.40. The van der Waals surface area contributed by atoms with Gasteiger partial charge in [-0.2, -0.15) is 0 Å². The van der Waals surface area contributed by atoms with Crippen LogP contribution in [0.15, 0.2) is 41.2 Å². The lowest BCUT2D eigenvalue weighted by Gasteiger charge is -2.01. The third-order valence-electron chi connectivity index (χ3n) is 1.64. The quantitative estimate of drug-likeness (QED) is 0.346. The molecule has 0 unspecified atom stereocenters. The summed E-state index contributed by atoms with van der Waals surface area (Å²) in [6, 6.07) is 0. The van der Waals surface area contributed by atoms with Crippen LogP contribution in [-0.2, 0) is 0 Å². The summed E-state index contributed by atoms with van der Waals surface area (Å²) in [7, 11) is 1.87. The predicted molar refractivity (Wildman–Crippen MR) is 67.9 cm³/mol. The lowest BCUT2D eigenvalue weighted by atomic mass is 10.2. The third kappa shape index (κ3) is 4.56. The van der Waals surface area contributed by atoms with Gasteiger partial charge in [0.2, 0.25) is 6.33 Å². The summed E-state index contributed by atoms with van der Waals surface area (Å²) in [5.74, 6) is 0.766. The minimum absolute atomic E-state index is 0. The van der Waals surface area contributed by atoms with Gasteiger partial charge in [0.05, 0.1) is 9.28 Å². The van der Waals surface area contributed by atoms with E-state index in [1.54, 1.807) is 12.4 Å². The van der Waals surface area contributed by atoms with Gasteiger partial charge in [-0.3, -0.25) is 0 Å². The summed E-state index contributed by atoms with van der Waals surface area (Å²) in [5.41, 5.74) is 0.973. The maximum atomic E-state index is 4.15. The van der Waals surface area contributed by atoms with E-state index >= 15 is 0 Å². The van der Waals surface area contributed by atoms with E-state index in [2.05, 4.69) is 49.4 Å². The summed E-state index contributed by atoms with van der Waals surface area (Å²) in [6.45, 7) is 3.64. The van der Waals surface area contributed by atoms with Crippen molar-refractivity contribution < 1.29 is 29.0 Å². The molecule has 2 N–H and O–H groups in total. The van der Waals surface area contributed by atoms with Crippen molar-refractivity contribution in [1.82, 2.24) is 15.3 Å². The largest absolute Gasteiger partial charge is 1.00 e. The minimum atomic E-state index is 0. The highest BCUT2D eigenvalue weighted by molar-refractivity contribution is 14.1.